The van der Waals surface area contributed by atoms with E-state index in [-0.39, 0.29) is 31.1 Å². The van der Waals surface area contributed by atoms with E-state index in [0.717, 1.165) is 0 Å². The van der Waals surface area contributed by atoms with Crippen LogP contribution in [-0.4, -0.2) is 104 Å². The van der Waals surface area contributed by atoms with Crippen LogP contribution in [0.1, 0.15) is 45.1 Å². The van der Waals surface area contributed by atoms with E-state index in [9.17, 15) is 39.0 Å². The van der Waals surface area contributed by atoms with Gasteiger partial charge in [0, 0.05) is 6.54 Å². The second-order valence-electron chi connectivity index (χ2n) is 10.3. The number of phenolic OH excluding ortho intramolecular Hbond substituents is 1. The molecular formula is C27H39N5O10. The number of carboxylic acids is 2. The lowest BCUT2D eigenvalue weighted by Gasteiger charge is -2.32. The lowest BCUT2D eigenvalue weighted by atomic mass is 9.96. The summed E-state index contributed by atoms with van der Waals surface area (Å²) in [6.07, 6.45) is 0.404. The van der Waals surface area contributed by atoms with Gasteiger partial charge in [-0.2, -0.15) is 0 Å². The minimum atomic E-state index is -1.71. The molecule has 1 aliphatic rings. The van der Waals surface area contributed by atoms with Gasteiger partial charge in [-0.3, -0.25) is 24.0 Å². The van der Waals surface area contributed by atoms with E-state index in [1.54, 1.807) is 19.1 Å². The molecule has 4 amide bonds. The van der Waals surface area contributed by atoms with E-state index in [1.165, 1.54) is 17.0 Å². The number of likely N-dealkylation sites (tertiary alicyclic amines) is 1. The molecule has 1 fully saturated rings. The van der Waals surface area contributed by atoms with Crippen LogP contribution in [0.25, 0.3) is 0 Å². The van der Waals surface area contributed by atoms with Gasteiger partial charge in [-0.25, -0.2) is 4.79 Å². The van der Waals surface area contributed by atoms with Gasteiger partial charge in [0.05, 0.1) is 19.1 Å². The number of benzene rings is 1. The number of aliphatic hydroxyl groups excluding tert-OH is 1. The molecule has 1 aliphatic heterocycles. The first kappa shape index (κ1) is 34.0. The van der Waals surface area contributed by atoms with Gasteiger partial charge in [-0.1, -0.05) is 32.4 Å². The van der Waals surface area contributed by atoms with Gasteiger partial charge in [0.2, 0.25) is 23.6 Å². The zero-order chi connectivity index (χ0) is 31.6. The number of phenols is 1. The van der Waals surface area contributed by atoms with Crippen LogP contribution in [0, 0.1) is 5.92 Å². The zero-order valence-electron chi connectivity index (χ0n) is 23.5. The van der Waals surface area contributed by atoms with Crippen molar-refractivity contribution in [3.05, 3.63) is 29.8 Å². The molecule has 2 rings (SSSR count). The molecule has 0 aliphatic carbocycles. The maximum absolute atomic E-state index is 13.7. The van der Waals surface area contributed by atoms with Crippen LogP contribution in [0.2, 0.25) is 0 Å². The molecule has 15 nitrogen and oxygen atoms in total. The average Bonchev–Trinajstić information content (AvgIpc) is 3.44. The Kier molecular flexibility index (Phi) is 12.7. The van der Waals surface area contributed by atoms with Crippen LogP contribution in [0.15, 0.2) is 24.3 Å². The third kappa shape index (κ3) is 9.41. The number of hydrogen-bond acceptors (Lipinski definition) is 9. The molecule has 42 heavy (non-hydrogen) atoms. The first-order valence-electron chi connectivity index (χ1n) is 13.6. The smallest absolute Gasteiger partial charge is 0.328 e. The number of carbonyl (C=O) groups excluding carboxylic acids is 4. The Morgan fingerprint density at radius 2 is 1.64 bits per heavy atom. The van der Waals surface area contributed by atoms with Crippen molar-refractivity contribution in [2.45, 2.75) is 76.2 Å². The Morgan fingerprint density at radius 1 is 1.00 bits per heavy atom. The van der Waals surface area contributed by atoms with Gasteiger partial charge in [0.25, 0.3) is 0 Å². The summed E-state index contributed by atoms with van der Waals surface area (Å²) in [6, 6.07) is -0.329. The highest BCUT2D eigenvalue weighted by Gasteiger charge is 2.41. The first-order valence-corrected chi connectivity index (χ1v) is 13.6. The standard InChI is InChI=1S/C27H39N5O10/c1-3-14(2)22(31-23(37)17(28)11-15-6-8-16(34)9-7-15)26(40)32-10-4-5-20(32)25(39)29-18(12-21(35)36)24(38)30-19(13-33)27(41)42/h6-9,14,17-20,22,33-34H,3-5,10-13,28H2,1-2H3,(H,29,39)(H,30,38)(H,31,37)(H,35,36)(H,41,42)/t14-,17-,18-,19-,20-,22-/m0/s1. The van der Waals surface area contributed by atoms with Crippen molar-refractivity contribution in [1.82, 2.24) is 20.9 Å². The van der Waals surface area contributed by atoms with Crippen molar-refractivity contribution >= 4 is 35.6 Å². The fraction of sp³-hybridized carbons (Fsp3) is 0.556. The number of nitrogens with one attached hydrogen (secondary N) is 3. The fourth-order valence-corrected chi connectivity index (χ4v) is 4.51. The van der Waals surface area contributed by atoms with Crippen LogP contribution < -0.4 is 21.7 Å². The van der Waals surface area contributed by atoms with E-state index in [4.69, 9.17) is 15.9 Å². The molecule has 0 radical (unpaired) electrons. The number of amides is 4. The molecule has 0 unspecified atom stereocenters. The summed E-state index contributed by atoms with van der Waals surface area (Å²) in [5.74, 6) is -6.37. The highest BCUT2D eigenvalue weighted by molar-refractivity contribution is 5.97. The molecule has 1 aromatic rings. The molecule has 1 heterocycles. The zero-order valence-corrected chi connectivity index (χ0v) is 23.5. The van der Waals surface area contributed by atoms with Gasteiger partial charge in [0.15, 0.2) is 0 Å². The van der Waals surface area contributed by atoms with Gasteiger partial charge in [-0.05, 0) is 42.9 Å². The fourth-order valence-electron chi connectivity index (χ4n) is 4.51. The number of nitrogens with two attached hydrogens (primary N) is 1. The van der Waals surface area contributed by atoms with E-state index in [1.807, 2.05) is 12.2 Å². The van der Waals surface area contributed by atoms with Crippen LogP contribution in [0.5, 0.6) is 5.75 Å². The maximum atomic E-state index is 13.7. The van der Waals surface area contributed by atoms with Crippen molar-refractivity contribution in [3.63, 3.8) is 0 Å². The predicted octanol–water partition coefficient (Wildman–Crippen LogP) is -1.69. The minimum absolute atomic E-state index is 0.0629. The predicted molar refractivity (Wildman–Crippen MR) is 147 cm³/mol. The molecule has 1 aromatic carbocycles. The van der Waals surface area contributed by atoms with Crippen LogP contribution in [0.4, 0.5) is 0 Å². The van der Waals surface area contributed by atoms with Gasteiger partial charge in [-0.15, -0.1) is 0 Å². The normalized spacial score (nSPS) is 18.2. The monoisotopic (exact) mass is 593 g/mol. The summed E-state index contributed by atoms with van der Waals surface area (Å²) in [5, 5.41) is 43.9. The summed E-state index contributed by atoms with van der Waals surface area (Å²) >= 11 is 0. The summed E-state index contributed by atoms with van der Waals surface area (Å²) in [7, 11) is 0. The molecule has 0 aromatic heterocycles. The number of aliphatic hydroxyl groups is 1. The van der Waals surface area contributed by atoms with Crippen molar-refractivity contribution in [1.29, 1.82) is 0 Å². The van der Waals surface area contributed by atoms with Crippen molar-refractivity contribution in [2.24, 2.45) is 11.7 Å². The Balaban J connectivity index is 2.16. The van der Waals surface area contributed by atoms with Crippen LogP contribution in [0.3, 0.4) is 0 Å². The minimum Gasteiger partial charge on any atom is -0.508 e. The highest BCUT2D eigenvalue weighted by Crippen LogP contribution is 2.22. The molecule has 232 valence electrons. The molecule has 0 bridgehead atoms. The van der Waals surface area contributed by atoms with Gasteiger partial charge >= 0.3 is 11.9 Å². The molecule has 0 spiro atoms. The number of nitrogens with zero attached hydrogens (tertiary/aromatic N) is 1. The topological polar surface area (TPSA) is 249 Å². The molecular weight excluding hydrogens is 554 g/mol. The Labute approximate surface area is 242 Å². The molecule has 6 atom stereocenters. The number of aromatic hydroxyl groups is 1. The maximum Gasteiger partial charge on any atom is 0.328 e. The van der Waals surface area contributed by atoms with Gasteiger partial charge < -0.3 is 47.0 Å². The summed E-state index contributed by atoms with van der Waals surface area (Å²) in [5.41, 5.74) is 6.79. The lowest BCUT2D eigenvalue weighted by Crippen LogP contribution is -2.59. The lowest BCUT2D eigenvalue weighted by molar-refractivity contribution is -0.146. The Hall–Kier alpha value is -4.24. The van der Waals surface area contributed by atoms with Crippen LogP contribution in [-0.2, 0) is 35.2 Å². The van der Waals surface area contributed by atoms with Gasteiger partial charge in [0.1, 0.15) is 29.9 Å². The van der Waals surface area contributed by atoms with Crippen molar-refractivity contribution < 1.29 is 49.2 Å². The van der Waals surface area contributed by atoms with E-state index >= 15 is 0 Å². The Bertz CT molecular complexity index is 1140. The van der Waals surface area contributed by atoms with Crippen molar-refractivity contribution in [2.75, 3.05) is 13.2 Å². The number of rotatable bonds is 15. The molecule has 15 heteroatoms. The number of aliphatic carboxylic acids is 2. The van der Waals surface area contributed by atoms with E-state index in [2.05, 4.69) is 10.6 Å². The number of carboxylic acid groups (broad SMARTS) is 2. The molecule has 9 N–H and O–H groups in total. The Morgan fingerprint density at radius 3 is 2.19 bits per heavy atom. The second kappa shape index (κ2) is 15.7. The average molecular weight is 594 g/mol. The largest absolute Gasteiger partial charge is 0.508 e. The van der Waals surface area contributed by atoms with Crippen LogP contribution >= 0.6 is 0 Å². The molecule has 0 saturated carbocycles. The quantitative estimate of drug-likeness (QED) is 0.114. The van der Waals surface area contributed by atoms with E-state index in [0.29, 0.717) is 18.4 Å². The SMILES string of the molecule is CC[C@H](C)[C@H](NC(=O)[C@@H](N)Cc1ccc(O)cc1)C(=O)N1CCC[C@H]1C(=O)N[C@@H](CC(=O)O)C(=O)N[C@@H](CO)C(=O)O. The molecule has 1 saturated heterocycles. The highest BCUT2D eigenvalue weighted by atomic mass is 16.4. The summed E-state index contributed by atoms with van der Waals surface area (Å²) in [4.78, 5) is 76.2. The number of carbonyl (C=O) groups is 6. The first-order chi connectivity index (χ1) is 19.8. The summed E-state index contributed by atoms with van der Waals surface area (Å²) in [6.45, 7) is 2.79. The van der Waals surface area contributed by atoms with E-state index < -0.39 is 78.8 Å². The number of hydrogen-bond donors (Lipinski definition) is 8. The second-order valence-corrected chi connectivity index (χ2v) is 10.3. The summed E-state index contributed by atoms with van der Waals surface area (Å²) < 4.78 is 0. The third-order valence-electron chi connectivity index (χ3n) is 7.15. The third-order valence-corrected chi connectivity index (χ3v) is 7.15. The van der Waals surface area contributed by atoms with Crippen molar-refractivity contribution in [3.8, 4) is 5.75 Å².